The van der Waals surface area contributed by atoms with Gasteiger partial charge in [0.05, 0.1) is 10.4 Å². The highest BCUT2D eigenvalue weighted by molar-refractivity contribution is 7.16. The number of phenols is 1. The molecule has 0 amide bonds. The smallest absolute Gasteiger partial charge is 0.165 e. The monoisotopic (exact) mass is 362 g/mol. The van der Waals surface area contributed by atoms with Crippen LogP contribution in [0.15, 0.2) is 30.3 Å². The molecule has 7 heteroatoms. The van der Waals surface area contributed by atoms with E-state index in [0.29, 0.717) is 9.90 Å². The maximum absolute atomic E-state index is 13.7. The van der Waals surface area contributed by atoms with Gasteiger partial charge in [0.1, 0.15) is 0 Å². The zero-order chi connectivity index (χ0) is 14.8. The molecule has 2 heterocycles. The summed E-state index contributed by atoms with van der Waals surface area (Å²) in [5, 5.41) is 13.4. The molecule has 1 saturated heterocycles. The van der Waals surface area contributed by atoms with E-state index in [1.165, 1.54) is 17.4 Å². The number of nitrogens with zero attached hydrogens (tertiary/aromatic N) is 1. The maximum atomic E-state index is 13.7. The van der Waals surface area contributed by atoms with Crippen LogP contribution in [0.1, 0.15) is 16.5 Å². The molecule has 1 aromatic carbocycles. The lowest BCUT2D eigenvalue weighted by molar-refractivity contribution is 0.197. The van der Waals surface area contributed by atoms with E-state index >= 15 is 0 Å². The highest BCUT2D eigenvalue weighted by Gasteiger charge is 2.28. The van der Waals surface area contributed by atoms with Crippen LogP contribution in [-0.2, 0) is 0 Å². The average Bonchev–Trinajstić information content (AvgIpc) is 2.91. The summed E-state index contributed by atoms with van der Waals surface area (Å²) in [5.41, 5.74) is 0.593. The Morgan fingerprint density at radius 3 is 2.59 bits per heavy atom. The van der Waals surface area contributed by atoms with E-state index in [1.807, 2.05) is 12.1 Å². The molecule has 3 rings (SSSR count). The van der Waals surface area contributed by atoms with Gasteiger partial charge in [0.2, 0.25) is 0 Å². The minimum absolute atomic E-state index is 0. The van der Waals surface area contributed by atoms with Crippen LogP contribution in [0.2, 0.25) is 4.34 Å². The molecule has 22 heavy (non-hydrogen) atoms. The minimum atomic E-state index is -0.588. The number of halogens is 3. The fraction of sp³-hybridized carbons (Fsp3) is 0.333. The lowest BCUT2D eigenvalue weighted by Crippen LogP contribution is -2.45. The topological polar surface area (TPSA) is 35.5 Å². The molecule has 1 atom stereocenters. The standard InChI is InChI=1S/C15H16ClFN2OS.ClH/c16-13-5-4-12(21-13)14(19-8-6-18-7-9-19)10-2-1-3-11(17)15(10)20;/h1-5,14,18,20H,6-9H2;1H/t14-;/m0./s1. The Morgan fingerprint density at radius 2 is 1.95 bits per heavy atom. The number of nitrogens with one attached hydrogen (secondary N) is 1. The van der Waals surface area contributed by atoms with Gasteiger partial charge in [-0.3, -0.25) is 4.90 Å². The fourth-order valence-corrected chi connectivity index (χ4v) is 3.91. The van der Waals surface area contributed by atoms with Crippen LogP contribution in [0.5, 0.6) is 5.75 Å². The number of hydrogen-bond donors (Lipinski definition) is 2. The third-order valence-electron chi connectivity index (χ3n) is 3.69. The van der Waals surface area contributed by atoms with E-state index < -0.39 is 5.82 Å². The molecule has 0 aliphatic carbocycles. The number of benzene rings is 1. The summed E-state index contributed by atoms with van der Waals surface area (Å²) in [6, 6.07) is 8.31. The third kappa shape index (κ3) is 3.55. The molecule has 0 unspecified atom stereocenters. The first kappa shape index (κ1) is 17.5. The third-order valence-corrected chi connectivity index (χ3v) is 4.98. The highest BCUT2D eigenvalue weighted by atomic mass is 35.5. The summed E-state index contributed by atoms with van der Waals surface area (Å²) in [6.07, 6.45) is 0. The van der Waals surface area contributed by atoms with Crippen LogP contribution in [-0.4, -0.2) is 36.2 Å². The minimum Gasteiger partial charge on any atom is -0.505 e. The normalized spacial score (nSPS) is 17.0. The first-order chi connectivity index (χ1) is 10.2. The fourth-order valence-electron chi connectivity index (χ4n) is 2.70. The second-order valence-electron chi connectivity index (χ2n) is 5.01. The molecule has 1 aromatic heterocycles. The van der Waals surface area contributed by atoms with Gasteiger partial charge < -0.3 is 10.4 Å². The lowest BCUT2D eigenvalue weighted by Gasteiger charge is -2.35. The Kier molecular flexibility index (Phi) is 6.06. The Bertz CT molecular complexity index is 632. The van der Waals surface area contributed by atoms with Crippen LogP contribution in [0.25, 0.3) is 0 Å². The Labute approximate surface area is 144 Å². The van der Waals surface area contributed by atoms with E-state index in [2.05, 4.69) is 10.2 Å². The van der Waals surface area contributed by atoms with Crippen LogP contribution in [0.4, 0.5) is 4.39 Å². The predicted molar refractivity (Wildman–Crippen MR) is 90.9 cm³/mol. The summed E-state index contributed by atoms with van der Waals surface area (Å²) in [6.45, 7) is 3.45. The Hall–Kier alpha value is -0.850. The Morgan fingerprint density at radius 1 is 1.23 bits per heavy atom. The van der Waals surface area contributed by atoms with Gasteiger partial charge in [0, 0.05) is 36.6 Å². The number of phenolic OH excluding ortho intramolecular Hbond substituents is 1. The van der Waals surface area contributed by atoms with Crippen molar-refractivity contribution in [3.05, 3.63) is 50.9 Å². The second kappa shape index (κ2) is 7.62. The van der Waals surface area contributed by atoms with E-state index in [0.717, 1.165) is 31.1 Å². The van der Waals surface area contributed by atoms with E-state index in [1.54, 1.807) is 12.1 Å². The molecule has 2 aromatic rings. The SMILES string of the molecule is Cl.Oc1c(F)cccc1[C@@H](c1ccc(Cl)s1)N1CCNCC1. The van der Waals surface area contributed by atoms with Crippen LogP contribution >= 0.6 is 35.3 Å². The molecule has 1 aliphatic heterocycles. The first-order valence-electron chi connectivity index (χ1n) is 6.84. The van der Waals surface area contributed by atoms with Crippen molar-refractivity contribution in [2.24, 2.45) is 0 Å². The molecule has 120 valence electrons. The lowest BCUT2D eigenvalue weighted by atomic mass is 10.0. The maximum Gasteiger partial charge on any atom is 0.165 e. The van der Waals surface area contributed by atoms with Crippen molar-refractivity contribution in [2.45, 2.75) is 6.04 Å². The van der Waals surface area contributed by atoms with Gasteiger partial charge in [-0.25, -0.2) is 4.39 Å². The summed E-state index contributed by atoms with van der Waals surface area (Å²) in [5.74, 6) is -0.860. The highest BCUT2D eigenvalue weighted by Crippen LogP contribution is 2.39. The summed E-state index contributed by atoms with van der Waals surface area (Å²) in [4.78, 5) is 3.26. The van der Waals surface area contributed by atoms with Crippen molar-refractivity contribution in [3.63, 3.8) is 0 Å². The van der Waals surface area contributed by atoms with Gasteiger partial charge in [0.15, 0.2) is 11.6 Å². The number of aromatic hydroxyl groups is 1. The van der Waals surface area contributed by atoms with Crippen molar-refractivity contribution >= 4 is 35.3 Å². The number of thiophene rings is 1. The Balaban J connectivity index is 0.00000176. The average molecular weight is 363 g/mol. The number of rotatable bonds is 3. The zero-order valence-corrected chi connectivity index (χ0v) is 14.1. The number of piperazine rings is 1. The zero-order valence-electron chi connectivity index (χ0n) is 11.8. The largest absolute Gasteiger partial charge is 0.505 e. The molecule has 0 bridgehead atoms. The van der Waals surface area contributed by atoms with Gasteiger partial charge in [0.25, 0.3) is 0 Å². The predicted octanol–water partition coefficient (Wildman–Crippen LogP) is 3.66. The molecular weight excluding hydrogens is 346 g/mol. The molecule has 1 aliphatic rings. The van der Waals surface area contributed by atoms with Crippen molar-refractivity contribution in [3.8, 4) is 5.75 Å². The van der Waals surface area contributed by atoms with Gasteiger partial charge in [-0.2, -0.15) is 0 Å². The quantitative estimate of drug-likeness (QED) is 0.874. The van der Waals surface area contributed by atoms with Crippen molar-refractivity contribution in [1.82, 2.24) is 10.2 Å². The van der Waals surface area contributed by atoms with Gasteiger partial charge in [-0.05, 0) is 18.2 Å². The van der Waals surface area contributed by atoms with Crippen molar-refractivity contribution < 1.29 is 9.50 Å². The molecule has 1 fully saturated rings. The molecule has 3 nitrogen and oxygen atoms in total. The number of hydrogen-bond acceptors (Lipinski definition) is 4. The van der Waals surface area contributed by atoms with E-state index in [9.17, 15) is 9.50 Å². The summed E-state index contributed by atoms with van der Waals surface area (Å²) >= 11 is 7.52. The van der Waals surface area contributed by atoms with Crippen LogP contribution < -0.4 is 5.32 Å². The van der Waals surface area contributed by atoms with E-state index in [4.69, 9.17) is 11.6 Å². The molecule has 0 spiro atoms. The summed E-state index contributed by atoms with van der Waals surface area (Å²) < 4.78 is 14.4. The van der Waals surface area contributed by atoms with Gasteiger partial charge in [-0.15, -0.1) is 23.7 Å². The molecule has 0 radical (unpaired) electrons. The van der Waals surface area contributed by atoms with Gasteiger partial charge in [-0.1, -0.05) is 23.7 Å². The van der Waals surface area contributed by atoms with Crippen LogP contribution in [0, 0.1) is 5.82 Å². The summed E-state index contributed by atoms with van der Waals surface area (Å²) in [7, 11) is 0. The van der Waals surface area contributed by atoms with Gasteiger partial charge >= 0.3 is 0 Å². The van der Waals surface area contributed by atoms with E-state index in [-0.39, 0.29) is 24.2 Å². The molecule has 0 saturated carbocycles. The number of para-hydroxylation sites is 1. The first-order valence-corrected chi connectivity index (χ1v) is 8.03. The van der Waals surface area contributed by atoms with Crippen LogP contribution in [0.3, 0.4) is 0 Å². The van der Waals surface area contributed by atoms with Crippen molar-refractivity contribution in [1.29, 1.82) is 0 Å². The second-order valence-corrected chi connectivity index (χ2v) is 6.75. The molecule has 2 N–H and O–H groups in total. The van der Waals surface area contributed by atoms with Crippen molar-refractivity contribution in [2.75, 3.05) is 26.2 Å². The molecular formula is C15H17Cl2FN2OS.